The first kappa shape index (κ1) is 26.1. The highest BCUT2D eigenvalue weighted by Gasteiger charge is 2.10. The SMILES string of the molecule is COc1ccc(Nc2nc(N/N=C/c3cccc(Cl)c3Cl)nc(Nc3ccc(S(N)(=O)=O)cc3)n2)cc1. The molecule has 1 aromatic heterocycles. The average Bonchev–Trinajstić information content (AvgIpc) is 2.87. The van der Waals surface area contributed by atoms with Gasteiger partial charge in [0.15, 0.2) is 0 Å². The Balaban J connectivity index is 1.60. The standard InChI is InChI=1S/C23H20Cl2N8O3S/c1-36-17-9-5-15(6-10-17)28-21-30-22(29-16-7-11-18(12-8-16)37(26,34)35)32-23(31-21)33-27-13-14-3-2-4-19(24)20(14)25/h2-13H,1H3,(H2,26,34,35)(H3,28,29,30,31,32,33)/b27-13+. The Morgan fingerprint density at radius 3 is 2.00 bits per heavy atom. The van der Waals surface area contributed by atoms with Gasteiger partial charge in [0.1, 0.15) is 5.75 Å². The summed E-state index contributed by atoms with van der Waals surface area (Å²) < 4.78 is 28.2. The van der Waals surface area contributed by atoms with Gasteiger partial charge in [-0.1, -0.05) is 35.3 Å². The van der Waals surface area contributed by atoms with Crippen molar-refractivity contribution in [2.45, 2.75) is 4.90 Å². The third-order valence-corrected chi connectivity index (χ3v) is 6.53. The minimum atomic E-state index is -3.82. The molecule has 0 saturated heterocycles. The van der Waals surface area contributed by atoms with Crippen LogP contribution in [0.2, 0.25) is 10.0 Å². The number of rotatable bonds is 9. The van der Waals surface area contributed by atoms with Crippen LogP contribution in [-0.2, 0) is 10.0 Å². The molecule has 0 aliphatic rings. The lowest BCUT2D eigenvalue weighted by molar-refractivity contribution is 0.415. The van der Waals surface area contributed by atoms with Crippen LogP contribution >= 0.6 is 23.2 Å². The van der Waals surface area contributed by atoms with E-state index in [0.29, 0.717) is 32.7 Å². The molecule has 0 aliphatic heterocycles. The van der Waals surface area contributed by atoms with Crippen molar-refractivity contribution < 1.29 is 13.2 Å². The molecule has 0 aliphatic carbocycles. The second kappa shape index (κ2) is 11.4. The topological polar surface area (TPSA) is 157 Å². The number of nitrogens with two attached hydrogens (primary N) is 1. The Hall–Kier alpha value is -3.97. The zero-order valence-corrected chi connectivity index (χ0v) is 21.5. The largest absolute Gasteiger partial charge is 0.497 e. The molecular formula is C23H20Cl2N8O3S. The van der Waals surface area contributed by atoms with E-state index in [1.165, 1.54) is 30.5 Å². The fourth-order valence-corrected chi connectivity index (χ4v) is 3.85. The summed E-state index contributed by atoms with van der Waals surface area (Å²) in [6.07, 6.45) is 1.48. The van der Waals surface area contributed by atoms with Crippen LogP contribution in [-0.4, -0.2) is 36.7 Å². The number of methoxy groups -OCH3 is 1. The van der Waals surface area contributed by atoms with Gasteiger partial charge in [-0.05, 0) is 54.6 Å². The molecule has 4 rings (SSSR count). The molecule has 0 amide bonds. The van der Waals surface area contributed by atoms with Gasteiger partial charge in [0.25, 0.3) is 0 Å². The number of sulfonamides is 1. The van der Waals surface area contributed by atoms with Crippen LogP contribution in [0.25, 0.3) is 0 Å². The molecule has 1 heterocycles. The van der Waals surface area contributed by atoms with E-state index in [0.717, 1.165) is 0 Å². The van der Waals surface area contributed by atoms with Crippen molar-refractivity contribution in [2.75, 3.05) is 23.2 Å². The predicted octanol–water partition coefficient (Wildman–Crippen LogP) is 4.77. The van der Waals surface area contributed by atoms with Crippen molar-refractivity contribution in [3.8, 4) is 5.75 Å². The molecule has 0 spiro atoms. The Labute approximate surface area is 222 Å². The minimum Gasteiger partial charge on any atom is -0.497 e. The number of aromatic nitrogens is 3. The second-order valence-corrected chi connectivity index (χ2v) is 9.71. The average molecular weight is 559 g/mol. The number of nitrogens with one attached hydrogen (secondary N) is 3. The van der Waals surface area contributed by atoms with E-state index in [9.17, 15) is 8.42 Å². The number of ether oxygens (including phenoxy) is 1. The summed E-state index contributed by atoms with van der Waals surface area (Å²) in [5, 5.41) is 16.2. The van der Waals surface area contributed by atoms with Crippen LogP contribution < -0.4 is 25.9 Å². The molecule has 0 radical (unpaired) electrons. The zero-order chi connectivity index (χ0) is 26.4. The highest BCUT2D eigenvalue weighted by molar-refractivity contribution is 7.89. The zero-order valence-electron chi connectivity index (χ0n) is 19.2. The van der Waals surface area contributed by atoms with E-state index in [4.69, 9.17) is 33.1 Å². The number of anilines is 5. The summed E-state index contributed by atoms with van der Waals surface area (Å²) in [5.74, 6) is 1.18. The van der Waals surface area contributed by atoms with Crippen LogP contribution in [0.3, 0.4) is 0 Å². The highest BCUT2D eigenvalue weighted by atomic mass is 35.5. The van der Waals surface area contributed by atoms with Crippen LogP contribution in [0.1, 0.15) is 5.56 Å². The summed E-state index contributed by atoms with van der Waals surface area (Å²) in [6, 6.07) is 18.1. The first-order valence-electron chi connectivity index (χ1n) is 10.5. The second-order valence-electron chi connectivity index (χ2n) is 7.37. The third kappa shape index (κ3) is 7.05. The van der Waals surface area contributed by atoms with E-state index >= 15 is 0 Å². The molecule has 190 valence electrons. The maximum Gasteiger partial charge on any atom is 0.250 e. The van der Waals surface area contributed by atoms with Gasteiger partial charge in [0.2, 0.25) is 27.9 Å². The molecule has 5 N–H and O–H groups in total. The monoisotopic (exact) mass is 558 g/mol. The first-order chi connectivity index (χ1) is 17.7. The molecular weight excluding hydrogens is 539 g/mol. The number of nitrogens with zero attached hydrogens (tertiary/aromatic N) is 4. The normalized spacial score (nSPS) is 11.4. The van der Waals surface area contributed by atoms with Gasteiger partial charge in [-0.15, -0.1) is 0 Å². The Bertz CT molecular complexity index is 1530. The van der Waals surface area contributed by atoms with Crippen LogP contribution in [0.4, 0.5) is 29.2 Å². The minimum absolute atomic E-state index is 0.0214. The lowest BCUT2D eigenvalue weighted by Gasteiger charge is -2.11. The summed E-state index contributed by atoms with van der Waals surface area (Å²) in [7, 11) is -2.24. The number of hydrogen-bond donors (Lipinski definition) is 4. The molecule has 0 fully saturated rings. The van der Waals surface area contributed by atoms with E-state index in [-0.39, 0.29) is 22.7 Å². The van der Waals surface area contributed by atoms with Gasteiger partial charge in [-0.3, -0.25) is 0 Å². The molecule has 0 bridgehead atoms. The van der Waals surface area contributed by atoms with E-state index in [1.54, 1.807) is 49.6 Å². The van der Waals surface area contributed by atoms with Crippen LogP contribution in [0.5, 0.6) is 5.75 Å². The molecule has 3 aromatic carbocycles. The van der Waals surface area contributed by atoms with Crippen molar-refractivity contribution in [3.05, 3.63) is 82.3 Å². The summed E-state index contributed by atoms with van der Waals surface area (Å²) in [6.45, 7) is 0. The molecule has 4 aromatic rings. The van der Waals surface area contributed by atoms with Crippen LogP contribution in [0, 0.1) is 0 Å². The molecule has 0 saturated carbocycles. The quantitative estimate of drug-likeness (QED) is 0.168. The molecule has 0 unspecified atom stereocenters. The van der Waals surface area contributed by atoms with Crippen molar-refractivity contribution in [2.24, 2.45) is 10.2 Å². The first-order valence-corrected chi connectivity index (χ1v) is 12.8. The summed E-state index contributed by atoms with van der Waals surface area (Å²) >= 11 is 12.2. The van der Waals surface area contributed by atoms with Crippen molar-refractivity contribution >= 4 is 68.7 Å². The lowest BCUT2D eigenvalue weighted by Crippen LogP contribution is -2.12. The van der Waals surface area contributed by atoms with E-state index in [1.807, 2.05) is 0 Å². The maximum atomic E-state index is 11.5. The molecule has 0 atom stereocenters. The number of primary sulfonamides is 1. The van der Waals surface area contributed by atoms with Crippen molar-refractivity contribution in [1.29, 1.82) is 0 Å². The Morgan fingerprint density at radius 1 is 0.865 bits per heavy atom. The number of hydrazone groups is 1. The van der Waals surface area contributed by atoms with Gasteiger partial charge < -0.3 is 15.4 Å². The molecule has 37 heavy (non-hydrogen) atoms. The summed E-state index contributed by atoms with van der Waals surface area (Å²) in [5.41, 5.74) is 4.57. The maximum absolute atomic E-state index is 11.5. The Morgan fingerprint density at radius 2 is 1.43 bits per heavy atom. The fraction of sp³-hybridized carbons (Fsp3) is 0.0435. The van der Waals surface area contributed by atoms with Gasteiger partial charge in [-0.25, -0.2) is 19.0 Å². The van der Waals surface area contributed by atoms with Gasteiger partial charge in [0.05, 0.1) is 28.3 Å². The van der Waals surface area contributed by atoms with Crippen LogP contribution in [0.15, 0.2) is 76.7 Å². The van der Waals surface area contributed by atoms with Gasteiger partial charge in [0, 0.05) is 16.9 Å². The third-order valence-electron chi connectivity index (χ3n) is 4.77. The molecule has 11 nitrogen and oxygen atoms in total. The predicted molar refractivity (Wildman–Crippen MR) is 145 cm³/mol. The highest BCUT2D eigenvalue weighted by Crippen LogP contribution is 2.25. The Kier molecular flexibility index (Phi) is 8.04. The van der Waals surface area contributed by atoms with Gasteiger partial charge >= 0.3 is 0 Å². The van der Waals surface area contributed by atoms with E-state index < -0.39 is 10.0 Å². The van der Waals surface area contributed by atoms with E-state index in [2.05, 4.69) is 36.1 Å². The van der Waals surface area contributed by atoms with Crippen molar-refractivity contribution in [1.82, 2.24) is 15.0 Å². The lowest BCUT2D eigenvalue weighted by atomic mass is 10.2. The number of halogens is 2. The smallest absolute Gasteiger partial charge is 0.250 e. The van der Waals surface area contributed by atoms with Crippen molar-refractivity contribution in [3.63, 3.8) is 0 Å². The number of hydrogen-bond acceptors (Lipinski definition) is 10. The summed E-state index contributed by atoms with van der Waals surface area (Å²) in [4.78, 5) is 13.0. The molecule has 14 heteroatoms. The fourth-order valence-electron chi connectivity index (χ4n) is 2.98. The van der Waals surface area contributed by atoms with Gasteiger partial charge in [-0.2, -0.15) is 20.1 Å². The number of benzene rings is 3.